The zero-order chi connectivity index (χ0) is 13.5. The molecule has 0 unspecified atom stereocenters. The highest BCUT2D eigenvalue weighted by atomic mass is 79.9. The van der Waals surface area contributed by atoms with E-state index in [0.29, 0.717) is 31.0 Å². The molecular weight excluding hydrogens is 292 g/mol. The Labute approximate surface area is 117 Å². The molecule has 1 aromatic carbocycles. The zero-order valence-electron chi connectivity index (χ0n) is 10.7. The Morgan fingerprint density at radius 1 is 1.50 bits per heavy atom. The predicted octanol–water partition coefficient (Wildman–Crippen LogP) is 3.46. The third kappa shape index (κ3) is 4.50. The molecule has 3 nitrogen and oxygen atoms in total. The molecule has 0 heterocycles. The molecule has 0 aromatic heterocycles. The zero-order valence-corrected chi connectivity index (χ0v) is 12.3. The molecule has 0 aliphatic heterocycles. The summed E-state index contributed by atoms with van der Waals surface area (Å²) in [5.74, 6) is 0.375. The number of nitriles is 1. The second kappa shape index (κ2) is 7.17. The minimum Gasteiger partial charge on any atom is -0.337 e. The van der Waals surface area contributed by atoms with E-state index in [-0.39, 0.29) is 5.91 Å². The standard InChI is InChI=1S/C14H17BrN2O/c1-11(2)10-17(8-4-7-16)14(18)12-5-3-6-13(15)9-12/h3,5-6,9,11H,4,8,10H2,1-2H3. The van der Waals surface area contributed by atoms with Crippen LogP contribution in [0.1, 0.15) is 30.6 Å². The Morgan fingerprint density at radius 3 is 2.78 bits per heavy atom. The highest BCUT2D eigenvalue weighted by molar-refractivity contribution is 9.10. The van der Waals surface area contributed by atoms with Crippen LogP contribution in [0, 0.1) is 17.2 Å². The number of carbonyl (C=O) groups excluding carboxylic acids is 1. The second-order valence-corrected chi connectivity index (χ2v) is 5.48. The topological polar surface area (TPSA) is 44.1 Å². The van der Waals surface area contributed by atoms with Crippen LogP contribution in [0.4, 0.5) is 0 Å². The molecule has 0 spiro atoms. The number of carbonyl (C=O) groups is 1. The van der Waals surface area contributed by atoms with E-state index >= 15 is 0 Å². The molecule has 0 aliphatic carbocycles. The van der Waals surface area contributed by atoms with Crippen molar-refractivity contribution < 1.29 is 4.79 Å². The summed E-state index contributed by atoms with van der Waals surface area (Å²) in [6.07, 6.45) is 0.368. The molecular formula is C14H17BrN2O. The van der Waals surface area contributed by atoms with Gasteiger partial charge in [-0.05, 0) is 24.1 Å². The van der Waals surface area contributed by atoms with E-state index in [2.05, 4.69) is 35.8 Å². The van der Waals surface area contributed by atoms with Crippen molar-refractivity contribution >= 4 is 21.8 Å². The average molecular weight is 309 g/mol. The molecule has 1 amide bonds. The molecule has 0 radical (unpaired) electrons. The Balaban J connectivity index is 2.84. The van der Waals surface area contributed by atoms with Gasteiger partial charge in [-0.3, -0.25) is 4.79 Å². The van der Waals surface area contributed by atoms with Gasteiger partial charge in [0.25, 0.3) is 5.91 Å². The van der Waals surface area contributed by atoms with E-state index in [1.807, 2.05) is 18.2 Å². The van der Waals surface area contributed by atoms with Crippen LogP contribution in [-0.2, 0) is 0 Å². The monoisotopic (exact) mass is 308 g/mol. The maximum atomic E-state index is 12.3. The first-order chi connectivity index (χ1) is 8.54. The van der Waals surface area contributed by atoms with E-state index in [0.717, 1.165) is 4.47 Å². The predicted molar refractivity (Wildman–Crippen MR) is 75.1 cm³/mol. The third-order valence-corrected chi connectivity index (χ3v) is 2.93. The number of halogens is 1. The Kier molecular flexibility index (Phi) is 5.87. The number of benzene rings is 1. The van der Waals surface area contributed by atoms with Gasteiger partial charge in [-0.25, -0.2) is 0 Å². The molecule has 0 atom stereocenters. The van der Waals surface area contributed by atoms with Gasteiger partial charge in [0.2, 0.25) is 0 Å². The SMILES string of the molecule is CC(C)CN(CCC#N)C(=O)c1cccc(Br)c1. The quantitative estimate of drug-likeness (QED) is 0.836. The normalized spacial score (nSPS) is 10.2. The lowest BCUT2D eigenvalue weighted by Crippen LogP contribution is -2.35. The van der Waals surface area contributed by atoms with E-state index in [9.17, 15) is 4.79 Å². The van der Waals surface area contributed by atoms with Gasteiger partial charge in [-0.15, -0.1) is 0 Å². The fourth-order valence-electron chi connectivity index (χ4n) is 1.71. The van der Waals surface area contributed by atoms with Crippen LogP contribution < -0.4 is 0 Å². The summed E-state index contributed by atoms with van der Waals surface area (Å²) in [6.45, 7) is 5.29. The molecule has 1 rings (SSSR count). The van der Waals surface area contributed by atoms with Crippen molar-refractivity contribution in [2.24, 2.45) is 5.92 Å². The van der Waals surface area contributed by atoms with Crippen LogP contribution >= 0.6 is 15.9 Å². The van der Waals surface area contributed by atoms with Gasteiger partial charge in [-0.1, -0.05) is 35.8 Å². The molecule has 18 heavy (non-hydrogen) atoms. The summed E-state index contributed by atoms with van der Waals surface area (Å²) in [7, 11) is 0. The van der Waals surface area contributed by atoms with Crippen LogP contribution in [0.2, 0.25) is 0 Å². The summed E-state index contributed by atoms with van der Waals surface area (Å²) < 4.78 is 0.887. The van der Waals surface area contributed by atoms with Crippen molar-refractivity contribution in [3.05, 3.63) is 34.3 Å². The molecule has 96 valence electrons. The number of amides is 1. The summed E-state index contributed by atoms with van der Waals surface area (Å²) in [6, 6.07) is 9.42. The van der Waals surface area contributed by atoms with Crippen LogP contribution in [-0.4, -0.2) is 23.9 Å². The maximum absolute atomic E-state index is 12.3. The minimum atomic E-state index is -0.0137. The molecule has 1 aromatic rings. The summed E-state index contributed by atoms with van der Waals surface area (Å²) in [5, 5.41) is 8.65. The Hall–Kier alpha value is -1.34. The number of nitrogens with zero attached hydrogens (tertiary/aromatic N) is 2. The van der Waals surface area contributed by atoms with Gasteiger partial charge in [0, 0.05) is 23.1 Å². The van der Waals surface area contributed by atoms with E-state index in [1.54, 1.807) is 11.0 Å². The fraction of sp³-hybridized carbons (Fsp3) is 0.429. The van der Waals surface area contributed by atoms with Crippen molar-refractivity contribution in [1.29, 1.82) is 5.26 Å². The van der Waals surface area contributed by atoms with E-state index in [4.69, 9.17) is 5.26 Å². The average Bonchev–Trinajstić information content (AvgIpc) is 2.33. The summed E-state index contributed by atoms with van der Waals surface area (Å²) in [5.41, 5.74) is 0.656. The first-order valence-electron chi connectivity index (χ1n) is 5.96. The largest absolute Gasteiger partial charge is 0.337 e. The van der Waals surface area contributed by atoms with Crippen molar-refractivity contribution in [3.8, 4) is 6.07 Å². The molecule has 0 bridgehead atoms. The molecule has 0 N–H and O–H groups in total. The smallest absolute Gasteiger partial charge is 0.253 e. The van der Waals surface area contributed by atoms with E-state index < -0.39 is 0 Å². The number of rotatable bonds is 5. The minimum absolute atomic E-state index is 0.0137. The summed E-state index contributed by atoms with van der Waals surface area (Å²) in [4.78, 5) is 14.1. The molecule has 4 heteroatoms. The molecule has 0 aliphatic rings. The molecule has 0 fully saturated rings. The lowest BCUT2D eigenvalue weighted by atomic mass is 10.1. The number of hydrogen-bond acceptors (Lipinski definition) is 2. The van der Waals surface area contributed by atoms with Gasteiger partial charge in [-0.2, -0.15) is 5.26 Å². The van der Waals surface area contributed by atoms with Crippen LogP contribution in [0.25, 0.3) is 0 Å². The Morgan fingerprint density at radius 2 is 2.22 bits per heavy atom. The molecule has 0 saturated carbocycles. The lowest BCUT2D eigenvalue weighted by molar-refractivity contribution is 0.0740. The lowest BCUT2D eigenvalue weighted by Gasteiger charge is -2.23. The van der Waals surface area contributed by atoms with Gasteiger partial charge >= 0.3 is 0 Å². The highest BCUT2D eigenvalue weighted by Gasteiger charge is 2.16. The highest BCUT2D eigenvalue weighted by Crippen LogP contribution is 2.14. The van der Waals surface area contributed by atoms with Crippen LogP contribution in [0.15, 0.2) is 28.7 Å². The van der Waals surface area contributed by atoms with Gasteiger partial charge in [0.05, 0.1) is 12.5 Å². The van der Waals surface area contributed by atoms with E-state index in [1.165, 1.54) is 0 Å². The molecule has 0 saturated heterocycles. The third-order valence-electron chi connectivity index (χ3n) is 2.44. The summed E-state index contributed by atoms with van der Waals surface area (Å²) >= 11 is 3.36. The van der Waals surface area contributed by atoms with Crippen molar-refractivity contribution in [2.45, 2.75) is 20.3 Å². The second-order valence-electron chi connectivity index (χ2n) is 4.56. The van der Waals surface area contributed by atoms with Crippen molar-refractivity contribution in [1.82, 2.24) is 4.90 Å². The van der Waals surface area contributed by atoms with Crippen LogP contribution in [0.5, 0.6) is 0 Å². The van der Waals surface area contributed by atoms with Crippen molar-refractivity contribution in [2.75, 3.05) is 13.1 Å². The van der Waals surface area contributed by atoms with Crippen molar-refractivity contribution in [3.63, 3.8) is 0 Å². The maximum Gasteiger partial charge on any atom is 0.253 e. The van der Waals surface area contributed by atoms with Gasteiger partial charge < -0.3 is 4.90 Å². The van der Waals surface area contributed by atoms with Crippen LogP contribution in [0.3, 0.4) is 0 Å². The van der Waals surface area contributed by atoms with Gasteiger partial charge in [0.15, 0.2) is 0 Å². The fourth-order valence-corrected chi connectivity index (χ4v) is 2.10. The first-order valence-corrected chi connectivity index (χ1v) is 6.75. The van der Waals surface area contributed by atoms with Gasteiger partial charge in [0.1, 0.15) is 0 Å². The number of hydrogen-bond donors (Lipinski definition) is 0. The Bertz CT molecular complexity index is 451. The first kappa shape index (κ1) is 14.7.